The second kappa shape index (κ2) is 9.82. The third kappa shape index (κ3) is 5.95. The number of likely N-dealkylation sites (N-methyl/N-ethyl adjacent to an activating group) is 1. The van der Waals surface area contributed by atoms with Gasteiger partial charge in [0.25, 0.3) is 15.9 Å². The Morgan fingerprint density at radius 2 is 1.79 bits per heavy atom. The first kappa shape index (κ1) is 23.9. The first-order valence-electron chi connectivity index (χ1n) is 10.0. The van der Waals surface area contributed by atoms with E-state index in [1.165, 1.54) is 20.0 Å². The van der Waals surface area contributed by atoms with E-state index in [1.54, 1.807) is 30.3 Å². The fraction of sp³-hybridized carbons (Fsp3) is 0.273. The number of esters is 1. The number of fused-ring (bicyclic) bond motifs is 1. The molecule has 1 aliphatic rings. The Balaban J connectivity index is 1.51. The van der Waals surface area contributed by atoms with Crippen LogP contribution in [0.5, 0.6) is 0 Å². The smallest absolute Gasteiger partial charge is 0.331 e. The van der Waals surface area contributed by atoms with Crippen LogP contribution in [-0.2, 0) is 29.1 Å². The molecule has 2 aromatic carbocycles. The third-order valence-electron chi connectivity index (χ3n) is 4.81. The summed E-state index contributed by atoms with van der Waals surface area (Å²) in [6.45, 7) is 2.55. The summed E-state index contributed by atoms with van der Waals surface area (Å²) in [7, 11) is -2.32. The molecule has 0 unspecified atom stereocenters. The van der Waals surface area contributed by atoms with Crippen LogP contribution >= 0.6 is 0 Å². The van der Waals surface area contributed by atoms with Gasteiger partial charge in [-0.2, -0.15) is 0 Å². The molecule has 0 spiro atoms. The second-order valence-corrected chi connectivity index (χ2v) is 9.18. The average Bonchev–Trinajstić information content (AvgIpc) is 3.03. The van der Waals surface area contributed by atoms with Crippen molar-refractivity contribution in [2.24, 2.45) is 4.99 Å². The number of anilines is 1. The van der Waals surface area contributed by atoms with Crippen molar-refractivity contribution >= 4 is 39.3 Å². The summed E-state index contributed by atoms with van der Waals surface area (Å²) < 4.78 is 31.6. The number of sulfonamides is 1. The summed E-state index contributed by atoms with van der Waals surface area (Å²) in [6, 6.07) is 12.4. The van der Waals surface area contributed by atoms with Crippen LogP contribution in [0.4, 0.5) is 5.69 Å². The van der Waals surface area contributed by atoms with E-state index in [-0.39, 0.29) is 17.3 Å². The summed E-state index contributed by atoms with van der Waals surface area (Å²) in [4.78, 5) is 41.9. The lowest BCUT2D eigenvalue weighted by atomic mass is 10.2. The van der Waals surface area contributed by atoms with Crippen LogP contribution in [0.2, 0.25) is 0 Å². The van der Waals surface area contributed by atoms with E-state index in [2.05, 4.69) is 15.0 Å². The molecule has 0 aromatic heterocycles. The molecule has 0 fully saturated rings. The van der Waals surface area contributed by atoms with Crippen LogP contribution in [0.15, 0.2) is 58.4 Å². The molecule has 0 bridgehead atoms. The lowest BCUT2D eigenvalue weighted by Gasteiger charge is -2.17. The summed E-state index contributed by atoms with van der Waals surface area (Å²) >= 11 is 0. The number of hydrogen-bond acceptors (Lipinski definition) is 7. The van der Waals surface area contributed by atoms with Gasteiger partial charge in [0.05, 0.1) is 11.4 Å². The van der Waals surface area contributed by atoms with Gasteiger partial charge in [-0.25, -0.2) is 13.2 Å². The van der Waals surface area contributed by atoms with Crippen LogP contribution in [0, 0.1) is 6.92 Å². The molecule has 1 atom stereocenters. The highest BCUT2D eigenvalue weighted by molar-refractivity contribution is 7.90. The van der Waals surface area contributed by atoms with Crippen LogP contribution in [0.25, 0.3) is 0 Å². The molecular formula is C22H24N4O6S. The number of aliphatic imine (C=N–C) groups is 1. The number of amidine groups is 1. The van der Waals surface area contributed by atoms with Gasteiger partial charge in [0.15, 0.2) is 6.61 Å². The van der Waals surface area contributed by atoms with Gasteiger partial charge in [0.1, 0.15) is 11.9 Å². The van der Waals surface area contributed by atoms with Gasteiger partial charge in [-0.15, -0.1) is 0 Å². The van der Waals surface area contributed by atoms with Gasteiger partial charge in [0.2, 0.25) is 5.91 Å². The van der Waals surface area contributed by atoms with Gasteiger partial charge in [-0.3, -0.25) is 19.3 Å². The Hall–Kier alpha value is -3.73. The predicted octanol–water partition coefficient (Wildman–Crippen LogP) is 1.06. The Bertz CT molecular complexity index is 1210. The van der Waals surface area contributed by atoms with E-state index in [0.717, 1.165) is 10.5 Å². The van der Waals surface area contributed by atoms with Crippen molar-refractivity contribution < 1.29 is 27.5 Å². The largest absolute Gasteiger partial charge is 0.454 e. The molecule has 0 radical (unpaired) electrons. The number of rotatable bonds is 7. The van der Waals surface area contributed by atoms with Gasteiger partial charge in [0, 0.05) is 18.3 Å². The molecule has 10 nitrogen and oxygen atoms in total. The van der Waals surface area contributed by atoms with Crippen molar-refractivity contribution in [1.29, 1.82) is 0 Å². The standard InChI is InChI=1S/C22H24N4O6S/c1-14-8-10-16(11-9-14)24-19(27)12-26(3)20(28)13-32-22(29)15(2)23-21-17-6-4-5-7-18(17)33(30,31)25-21/h4-11,15H,12-13H2,1-3H3,(H,23,25)(H,24,27)/t15-/m0/s1. The van der Waals surface area contributed by atoms with Gasteiger partial charge >= 0.3 is 5.97 Å². The number of nitrogens with zero attached hydrogens (tertiary/aromatic N) is 2. The number of ether oxygens (including phenoxy) is 1. The lowest BCUT2D eigenvalue weighted by Crippen LogP contribution is -2.38. The van der Waals surface area contributed by atoms with E-state index in [1.807, 2.05) is 19.1 Å². The molecule has 1 heterocycles. The zero-order valence-corrected chi connectivity index (χ0v) is 19.2. The average molecular weight is 473 g/mol. The first-order valence-corrected chi connectivity index (χ1v) is 11.5. The van der Waals surface area contributed by atoms with Gasteiger partial charge in [-0.1, -0.05) is 29.8 Å². The zero-order valence-electron chi connectivity index (χ0n) is 18.4. The zero-order chi connectivity index (χ0) is 24.2. The fourth-order valence-electron chi connectivity index (χ4n) is 2.98. The number of amides is 2. The highest BCUT2D eigenvalue weighted by Gasteiger charge is 2.31. The van der Waals surface area contributed by atoms with E-state index in [0.29, 0.717) is 11.3 Å². The summed E-state index contributed by atoms with van der Waals surface area (Å²) in [5, 5.41) is 2.68. The minimum atomic E-state index is -3.73. The minimum absolute atomic E-state index is 0.0336. The Labute approximate surface area is 191 Å². The topological polar surface area (TPSA) is 134 Å². The molecule has 2 N–H and O–H groups in total. The van der Waals surface area contributed by atoms with Crippen molar-refractivity contribution in [3.8, 4) is 0 Å². The second-order valence-electron chi connectivity index (χ2n) is 7.53. The Kier molecular flexibility index (Phi) is 7.12. The first-order chi connectivity index (χ1) is 15.6. The van der Waals surface area contributed by atoms with Gasteiger partial charge in [-0.05, 0) is 38.1 Å². The maximum absolute atomic E-state index is 12.3. The molecule has 0 saturated carbocycles. The van der Waals surface area contributed by atoms with E-state index in [9.17, 15) is 22.8 Å². The van der Waals surface area contributed by atoms with Crippen LogP contribution < -0.4 is 10.0 Å². The van der Waals surface area contributed by atoms with Crippen LogP contribution in [0.1, 0.15) is 18.1 Å². The molecule has 2 amide bonds. The van der Waals surface area contributed by atoms with Crippen molar-refractivity contribution in [3.63, 3.8) is 0 Å². The Morgan fingerprint density at radius 3 is 2.48 bits per heavy atom. The van der Waals surface area contributed by atoms with Crippen LogP contribution in [-0.4, -0.2) is 63.2 Å². The van der Waals surface area contributed by atoms with Crippen molar-refractivity contribution in [2.45, 2.75) is 24.8 Å². The summed E-state index contributed by atoms with van der Waals surface area (Å²) in [5.74, 6) is -1.75. The van der Waals surface area contributed by atoms with E-state index < -0.39 is 40.5 Å². The van der Waals surface area contributed by atoms with E-state index >= 15 is 0 Å². The van der Waals surface area contributed by atoms with Gasteiger partial charge < -0.3 is 15.0 Å². The molecule has 0 saturated heterocycles. The number of aryl methyl sites for hydroxylation is 1. The summed E-state index contributed by atoms with van der Waals surface area (Å²) in [5.41, 5.74) is 2.01. The number of carbonyl (C=O) groups excluding carboxylic acids is 3. The third-order valence-corrected chi connectivity index (χ3v) is 6.20. The van der Waals surface area contributed by atoms with Crippen molar-refractivity contribution in [2.75, 3.05) is 25.5 Å². The SMILES string of the molecule is Cc1ccc(NC(=O)CN(C)C(=O)COC(=O)[C@H](C)N=C2NS(=O)(=O)c3ccccc32)cc1. The molecule has 11 heteroatoms. The number of hydrogen-bond donors (Lipinski definition) is 2. The highest BCUT2D eigenvalue weighted by Crippen LogP contribution is 2.22. The molecule has 33 heavy (non-hydrogen) atoms. The minimum Gasteiger partial charge on any atom is -0.454 e. The molecule has 1 aliphatic heterocycles. The predicted molar refractivity (Wildman–Crippen MR) is 121 cm³/mol. The monoisotopic (exact) mass is 472 g/mol. The number of benzene rings is 2. The van der Waals surface area contributed by atoms with Crippen molar-refractivity contribution in [3.05, 3.63) is 59.7 Å². The molecule has 3 rings (SSSR count). The quantitative estimate of drug-likeness (QED) is 0.579. The normalized spacial score (nSPS) is 15.8. The molecule has 174 valence electrons. The lowest BCUT2D eigenvalue weighted by molar-refractivity contribution is -0.152. The van der Waals surface area contributed by atoms with Crippen LogP contribution in [0.3, 0.4) is 0 Å². The molecule has 2 aromatic rings. The fourth-order valence-corrected chi connectivity index (χ4v) is 4.22. The van der Waals surface area contributed by atoms with E-state index in [4.69, 9.17) is 4.74 Å². The number of carbonyl (C=O) groups is 3. The van der Waals surface area contributed by atoms with Crippen molar-refractivity contribution in [1.82, 2.24) is 9.62 Å². The maximum atomic E-state index is 12.3. The number of nitrogens with one attached hydrogen (secondary N) is 2. The highest BCUT2D eigenvalue weighted by atomic mass is 32.2. The maximum Gasteiger partial charge on any atom is 0.331 e. The Morgan fingerprint density at radius 1 is 1.12 bits per heavy atom. The molecular weight excluding hydrogens is 448 g/mol. The molecule has 0 aliphatic carbocycles. The summed E-state index contributed by atoms with van der Waals surface area (Å²) in [6.07, 6.45) is 0.